The fraction of sp³-hybridized carbons (Fsp3) is 0.200. The predicted octanol–water partition coefficient (Wildman–Crippen LogP) is 2.98. The van der Waals surface area contributed by atoms with E-state index >= 15 is 0 Å². The van der Waals surface area contributed by atoms with Crippen LogP contribution in [-0.4, -0.2) is 31.2 Å². The summed E-state index contributed by atoms with van der Waals surface area (Å²) in [5, 5.41) is 4.26. The van der Waals surface area contributed by atoms with E-state index in [1.807, 2.05) is 6.07 Å². The third-order valence-electron chi connectivity index (χ3n) is 3.07. The van der Waals surface area contributed by atoms with Crippen LogP contribution in [0, 0.1) is 6.92 Å². The van der Waals surface area contributed by atoms with Crippen molar-refractivity contribution in [1.29, 1.82) is 0 Å². The van der Waals surface area contributed by atoms with E-state index in [1.54, 1.807) is 43.8 Å². The minimum Gasteiger partial charge on any atom is -0.266 e. The van der Waals surface area contributed by atoms with Gasteiger partial charge < -0.3 is 0 Å². The lowest BCUT2D eigenvalue weighted by molar-refractivity contribution is 0.122. The van der Waals surface area contributed by atoms with E-state index in [-0.39, 0.29) is 0 Å². The molecular formula is C15H13F2N5. The highest BCUT2D eigenvalue weighted by molar-refractivity contribution is 5.78. The van der Waals surface area contributed by atoms with Crippen LogP contribution in [0.2, 0.25) is 0 Å². The highest BCUT2D eigenvalue weighted by atomic mass is 19.3. The van der Waals surface area contributed by atoms with Crippen LogP contribution in [0.5, 0.6) is 0 Å². The summed E-state index contributed by atoms with van der Waals surface area (Å²) in [6.07, 6.45) is 4.04. The van der Waals surface area contributed by atoms with Gasteiger partial charge in [0.15, 0.2) is 0 Å². The van der Waals surface area contributed by atoms with Gasteiger partial charge >= 0.3 is 0 Å². The average Bonchev–Trinajstić information content (AvgIpc) is 2.91. The number of alkyl halides is 2. The average molecular weight is 301 g/mol. The topological polar surface area (TPSA) is 56.5 Å². The highest BCUT2D eigenvalue weighted by Crippen LogP contribution is 2.29. The van der Waals surface area contributed by atoms with Crippen LogP contribution in [0.1, 0.15) is 5.82 Å². The van der Waals surface area contributed by atoms with Gasteiger partial charge in [-0.25, -0.2) is 18.7 Å². The first-order chi connectivity index (χ1) is 10.6. The Morgan fingerprint density at radius 3 is 2.77 bits per heavy atom. The molecule has 3 rings (SSSR count). The molecule has 0 bridgehead atoms. The lowest BCUT2D eigenvalue weighted by atomic mass is 10.1. The van der Waals surface area contributed by atoms with Crippen molar-refractivity contribution in [2.75, 3.05) is 0 Å². The van der Waals surface area contributed by atoms with Gasteiger partial charge in [-0.1, -0.05) is 0 Å². The van der Waals surface area contributed by atoms with E-state index in [2.05, 4.69) is 20.1 Å². The van der Waals surface area contributed by atoms with Crippen molar-refractivity contribution in [1.82, 2.24) is 24.7 Å². The normalized spacial score (nSPS) is 11.1. The number of pyridine rings is 1. The SMILES string of the molecule is Cc1nccc(-c2cn(CC(F)F)nc2-c2cccnc2)n1. The first kappa shape index (κ1) is 14.2. The third-order valence-corrected chi connectivity index (χ3v) is 3.07. The van der Waals surface area contributed by atoms with E-state index in [1.165, 1.54) is 4.68 Å². The fourth-order valence-corrected chi connectivity index (χ4v) is 2.17. The number of nitrogens with zero attached hydrogens (tertiary/aromatic N) is 5. The summed E-state index contributed by atoms with van der Waals surface area (Å²) >= 11 is 0. The third kappa shape index (κ3) is 2.98. The molecule has 5 nitrogen and oxygen atoms in total. The zero-order chi connectivity index (χ0) is 15.5. The van der Waals surface area contributed by atoms with Crippen molar-refractivity contribution in [2.45, 2.75) is 19.9 Å². The molecule has 112 valence electrons. The van der Waals surface area contributed by atoms with Crippen molar-refractivity contribution in [2.24, 2.45) is 0 Å². The Morgan fingerprint density at radius 1 is 1.23 bits per heavy atom. The molecular weight excluding hydrogens is 288 g/mol. The van der Waals surface area contributed by atoms with Gasteiger partial charge in [0.1, 0.15) is 18.1 Å². The quantitative estimate of drug-likeness (QED) is 0.743. The van der Waals surface area contributed by atoms with Crippen LogP contribution in [-0.2, 0) is 6.54 Å². The second kappa shape index (κ2) is 5.97. The van der Waals surface area contributed by atoms with E-state index in [0.29, 0.717) is 22.8 Å². The zero-order valence-corrected chi connectivity index (χ0v) is 11.8. The Balaban J connectivity index is 2.13. The Labute approximate surface area is 125 Å². The molecule has 0 unspecified atom stereocenters. The number of hydrogen-bond acceptors (Lipinski definition) is 4. The summed E-state index contributed by atoms with van der Waals surface area (Å²) in [5.41, 5.74) is 2.65. The Kier molecular flexibility index (Phi) is 3.86. The Bertz CT molecular complexity index is 771. The molecule has 0 atom stereocenters. The van der Waals surface area contributed by atoms with Gasteiger partial charge in [-0.05, 0) is 25.1 Å². The first-order valence-electron chi connectivity index (χ1n) is 6.69. The molecule has 0 spiro atoms. The number of aryl methyl sites for hydroxylation is 1. The Hall–Kier alpha value is -2.70. The maximum Gasteiger partial charge on any atom is 0.257 e. The van der Waals surface area contributed by atoms with Crippen molar-refractivity contribution in [3.05, 3.63) is 48.8 Å². The molecule has 0 N–H and O–H groups in total. The fourth-order valence-electron chi connectivity index (χ4n) is 2.17. The van der Waals surface area contributed by atoms with Crippen molar-refractivity contribution in [3.63, 3.8) is 0 Å². The summed E-state index contributed by atoms with van der Waals surface area (Å²) in [6, 6.07) is 5.34. The largest absolute Gasteiger partial charge is 0.266 e. The maximum absolute atomic E-state index is 12.6. The van der Waals surface area contributed by atoms with Crippen molar-refractivity contribution < 1.29 is 8.78 Å². The summed E-state index contributed by atoms with van der Waals surface area (Å²) in [6.45, 7) is 1.31. The van der Waals surface area contributed by atoms with Gasteiger partial charge in [0.2, 0.25) is 0 Å². The van der Waals surface area contributed by atoms with E-state index in [0.717, 1.165) is 5.56 Å². The van der Waals surface area contributed by atoms with Crippen LogP contribution in [0.15, 0.2) is 43.0 Å². The Morgan fingerprint density at radius 2 is 2.09 bits per heavy atom. The monoisotopic (exact) mass is 301 g/mol. The first-order valence-corrected chi connectivity index (χ1v) is 6.69. The number of aromatic nitrogens is 5. The second-order valence-electron chi connectivity index (χ2n) is 4.74. The molecule has 3 aromatic heterocycles. The molecule has 3 heterocycles. The standard InChI is InChI=1S/C15H13F2N5/c1-10-19-6-4-13(20-10)12-8-22(9-14(16)17)21-15(12)11-3-2-5-18-7-11/h2-8,14H,9H2,1H3. The number of rotatable bonds is 4. The van der Waals surface area contributed by atoms with Crippen LogP contribution in [0.25, 0.3) is 22.5 Å². The maximum atomic E-state index is 12.6. The summed E-state index contributed by atoms with van der Waals surface area (Å²) in [7, 11) is 0. The molecule has 0 radical (unpaired) electrons. The van der Waals surface area contributed by atoms with Gasteiger partial charge in [-0.2, -0.15) is 5.10 Å². The van der Waals surface area contributed by atoms with Gasteiger partial charge in [-0.3, -0.25) is 9.67 Å². The molecule has 0 aliphatic rings. The zero-order valence-electron chi connectivity index (χ0n) is 11.8. The summed E-state index contributed by atoms with van der Waals surface area (Å²) in [4.78, 5) is 12.5. The number of halogens is 2. The molecule has 7 heteroatoms. The van der Waals surface area contributed by atoms with Gasteiger partial charge in [0.25, 0.3) is 6.43 Å². The number of hydrogen-bond donors (Lipinski definition) is 0. The predicted molar refractivity (Wildman–Crippen MR) is 77.2 cm³/mol. The second-order valence-corrected chi connectivity index (χ2v) is 4.74. The molecule has 0 aliphatic heterocycles. The lowest BCUT2D eigenvalue weighted by Crippen LogP contribution is -2.06. The van der Waals surface area contributed by atoms with E-state index in [4.69, 9.17) is 0 Å². The van der Waals surface area contributed by atoms with Crippen LogP contribution < -0.4 is 0 Å². The highest BCUT2D eigenvalue weighted by Gasteiger charge is 2.16. The molecule has 3 aromatic rings. The van der Waals surface area contributed by atoms with Crippen molar-refractivity contribution in [3.8, 4) is 22.5 Å². The smallest absolute Gasteiger partial charge is 0.257 e. The van der Waals surface area contributed by atoms with Gasteiger partial charge in [-0.15, -0.1) is 0 Å². The molecule has 22 heavy (non-hydrogen) atoms. The van der Waals surface area contributed by atoms with Crippen LogP contribution in [0.3, 0.4) is 0 Å². The summed E-state index contributed by atoms with van der Waals surface area (Å²) < 4.78 is 26.5. The van der Waals surface area contributed by atoms with Gasteiger partial charge in [0, 0.05) is 35.9 Å². The van der Waals surface area contributed by atoms with Gasteiger partial charge in [0.05, 0.1) is 5.69 Å². The minimum absolute atomic E-state index is 0.461. The molecule has 0 fully saturated rings. The van der Waals surface area contributed by atoms with Crippen molar-refractivity contribution >= 4 is 0 Å². The molecule has 0 aromatic carbocycles. The minimum atomic E-state index is -2.47. The molecule has 0 amide bonds. The molecule has 0 aliphatic carbocycles. The van der Waals surface area contributed by atoms with Crippen LogP contribution in [0.4, 0.5) is 8.78 Å². The van der Waals surface area contributed by atoms with E-state index in [9.17, 15) is 8.78 Å². The summed E-state index contributed by atoms with van der Waals surface area (Å²) in [5.74, 6) is 0.608. The molecule has 0 saturated carbocycles. The van der Waals surface area contributed by atoms with E-state index < -0.39 is 13.0 Å². The molecule has 0 saturated heterocycles. The van der Waals surface area contributed by atoms with Crippen LogP contribution >= 0.6 is 0 Å². The lowest BCUT2D eigenvalue weighted by Gasteiger charge is -2.02.